The fourth-order valence-electron chi connectivity index (χ4n) is 7.57. The fraction of sp³-hybridized carbons (Fsp3) is 0.957. The third-order valence-electron chi connectivity index (χ3n) is 11.2. The van der Waals surface area contributed by atoms with Crippen molar-refractivity contribution in [2.24, 2.45) is 5.92 Å². The largest absolute Gasteiger partial charge is 0.462 e. The molecule has 0 heterocycles. The maximum Gasteiger partial charge on any atom is 0.306 e. The highest BCUT2D eigenvalue weighted by atomic mass is 16.5. The van der Waals surface area contributed by atoms with E-state index in [9.17, 15) is 14.7 Å². The Morgan fingerprint density at radius 1 is 0.509 bits per heavy atom. The number of nitrogens with one attached hydrogen (secondary N) is 1. The van der Waals surface area contributed by atoms with Crippen molar-refractivity contribution < 1.29 is 19.4 Å². The molecule has 0 radical (unpaired) electrons. The summed E-state index contributed by atoms with van der Waals surface area (Å²) in [5.74, 6) is 0.738. The van der Waals surface area contributed by atoms with Crippen molar-refractivity contribution in [3.05, 3.63) is 0 Å². The highest BCUT2D eigenvalue weighted by molar-refractivity contribution is 5.76. The molecule has 2 N–H and O–H groups in total. The summed E-state index contributed by atoms with van der Waals surface area (Å²) < 4.78 is 6.03. The lowest BCUT2D eigenvalue weighted by atomic mass is 9.97. The molecule has 0 aliphatic carbocycles. The lowest BCUT2D eigenvalue weighted by Crippen LogP contribution is -2.38. The van der Waals surface area contributed by atoms with Gasteiger partial charge in [-0.3, -0.25) is 9.59 Å². The second kappa shape index (κ2) is 40.5. The van der Waals surface area contributed by atoms with Crippen LogP contribution in [0.1, 0.15) is 247 Å². The number of aliphatic hydroxyl groups excluding tert-OH is 1. The van der Waals surface area contributed by atoms with Crippen LogP contribution in [0.15, 0.2) is 0 Å². The summed E-state index contributed by atoms with van der Waals surface area (Å²) in [5, 5.41) is 12.9. The van der Waals surface area contributed by atoms with E-state index in [0.29, 0.717) is 24.8 Å². The van der Waals surface area contributed by atoms with Gasteiger partial charge in [0.25, 0.3) is 0 Å². The van der Waals surface area contributed by atoms with Crippen LogP contribution in [-0.2, 0) is 14.3 Å². The van der Waals surface area contributed by atoms with Gasteiger partial charge in [0.05, 0.1) is 6.61 Å². The highest BCUT2D eigenvalue weighted by Gasteiger charge is 2.16. The minimum absolute atomic E-state index is 0.0166. The van der Waals surface area contributed by atoms with E-state index in [1.54, 1.807) is 0 Å². The Bertz CT molecular complexity index is 760. The Labute approximate surface area is 331 Å². The molecule has 53 heavy (non-hydrogen) atoms. The number of unbranched alkanes of at least 4 members (excludes halogenated alkanes) is 23. The zero-order chi connectivity index (χ0) is 39.0. The predicted molar refractivity (Wildman–Crippen MR) is 230 cm³/mol. The van der Waals surface area contributed by atoms with Gasteiger partial charge < -0.3 is 20.1 Å². The second-order valence-corrected chi connectivity index (χ2v) is 16.8. The van der Waals surface area contributed by atoms with E-state index in [4.69, 9.17) is 4.74 Å². The van der Waals surface area contributed by atoms with Crippen LogP contribution in [-0.4, -0.2) is 60.3 Å². The number of hydrogen-bond donors (Lipinski definition) is 2. The Morgan fingerprint density at radius 3 is 1.36 bits per heavy atom. The number of amides is 1. The minimum Gasteiger partial charge on any atom is -0.462 e. The van der Waals surface area contributed by atoms with Crippen molar-refractivity contribution in [2.75, 3.05) is 26.2 Å². The van der Waals surface area contributed by atoms with Crippen LogP contribution in [0.2, 0.25) is 0 Å². The first-order chi connectivity index (χ1) is 25.9. The average molecular weight is 751 g/mol. The van der Waals surface area contributed by atoms with Gasteiger partial charge in [0.1, 0.15) is 6.10 Å². The van der Waals surface area contributed by atoms with E-state index in [-0.39, 0.29) is 24.6 Å². The van der Waals surface area contributed by atoms with Crippen molar-refractivity contribution in [1.29, 1.82) is 0 Å². The summed E-state index contributed by atoms with van der Waals surface area (Å²) in [5.41, 5.74) is 0. The third kappa shape index (κ3) is 36.3. The van der Waals surface area contributed by atoms with Gasteiger partial charge in [-0.15, -0.1) is 0 Å². The Morgan fingerprint density at radius 2 is 0.906 bits per heavy atom. The molecule has 1 amide bonds. The molecule has 0 aliphatic rings. The van der Waals surface area contributed by atoms with Gasteiger partial charge in [-0.05, 0) is 76.8 Å². The maximum atomic E-state index is 12.7. The topological polar surface area (TPSA) is 78.9 Å². The van der Waals surface area contributed by atoms with Crippen LogP contribution in [0.3, 0.4) is 0 Å². The smallest absolute Gasteiger partial charge is 0.306 e. The summed E-state index contributed by atoms with van der Waals surface area (Å²) in [6.07, 6.45) is 38.8. The van der Waals surface area contributed by atoms with Crippen LogP contribution < -0.4 is 5.32 Å². The third-order valence-corrected chi connectivity index (χ3v) is 11.2. The first-order valence-corrected chi connectivity index (χ1v) is 23.7. The number of aliphatic hydroxyl groups is 1. The summed E-state index contributed by atoms with van der Waals surface area (Å²) >= 11 is 0. The molecule has 0 aliphatic heterocycles. The van der Waals surface area contributed by atoms with Gasteiger partial charge in [-0.2, -0.15) is 0 Å². The highest BCUT2D eigenvalue weighted by Crippen LogP contribution is 2.19. The Kier molecular flexibility index (Phi) is 39.6. The van der Waals surface area contributed by atoms with E-state index in [1.165, 1.54) is 135 Å². The fourth-order valence-corrected chi connectivity index (χ4v) is 7.57. The molecule has 316 valence electrons. The van der Waals surface area contributed by atoms with Crippen molar-refractivity contribution in [2.45, 2.75) is 259 Å². The van der Waals surface area contributed by atoms with Crippen LogP contribution in [0.5, 0.6) is 0 Å². The molecule has 0 aromatic carbocycles. The van der Waals surface area contributed by atoms with E-state index < -0.39 is 0 Å². The quantitative estimate of drug-likeness (QED) is 0.0480. The number of hydrogen-bond acceptors (Lipinski definition) is 5. The number of esters is 1. The molecule has 0 aromatic heterocycles. The van der Waals surface area contributed by atoms with E-state index in [1.807, 2.05) is 0 Å². The Hall–Kier alpha value is -1.14. The Balaban J connectivity index is 4.09. The van der Waals surface area contributed by atoms with Crippen molar-refractivity contribution in [1.82, 2.24) is 10.2 Å². The number of rotatable bonds is 42. The summed E-state index contributed by atoms with van der Waals surface area (Å²) in [6, 6.07) is 0.312. The minimum atomic E-state index is 0.0166. The predicted octanol–water partition coefficient (Wildman–Crippen LogP) is 13.3. The zero-order valence-corrected chi connectivity index (χ0v) is 36.5. The summed E-state index contributed by atoms with van der Waals surface area (Å²) in [7, 11) is 0. The van der Waals surface area contributed by atoms with E-state index in [2.05, 4.69) is 44.8 Å². The van der Waals surface area contributed by atoms with Gasteiger partial charge >= 0.3 is 5.97 Å². The van der Waals surface area contributed by atoms with E-state index in [0.717, 1.165) is 83.8 Å². The summed E-state index contributed by atoms with van der Waals surface area (Å²) in [6.45, 7) is 14.3. The molecule has 6 nitrogen and oxygen atoms in total. The molecule has 0 aromatic rings. The first kappa shape index (κ1) is 51.9. The van der Waals surface area contributed by atoms with Crippen LogP contribution in [0, 0.1) is 5.92 Å². The number of ether oxygens (including phenoxy) is 1. The monoisotopic (exact) mass is 751 g/mol. The second-order valence-electron chi connectivity index (χ2n) is 16.8. The molecule has 1 unspecified atom stereocenters. The van der Waals surface area contributed by atoms with Gasteiger partial charge in [-0.1, -0.05) is 176 Å². The molecule has 0 rings (SSSR count). The molecular formula is C47H94N2O4. The van der Waals surface area contributed by atoms with Crippen LogP contribution in [0.4, 0.5) is 0 Å². The van der Waals surface area contributed by atoms with Crippen LogP contribution >= 0.6 is 0 Å². The molecule has 0 saturated heterocycles. The molecule has 0 saturated carbocycles. The standard InChI is InChI=1S/C47H94N2O4/c1-6-9-12-15-20-27-34-44(35-28-21-16-13-10-7-2)53-47(52)38-31-24-19-26-33-40-49(41-42-50)39-32-25-18-23-30-37-46(51)48-45(43(4)5)36-29-22-17-14-11-8-3/h43-45,50H,6-42H2,1-5H3,(H,48,51). The molecule has 0 spiro atoms. The lowest BCUT2D eigenvalue weighted by Gasteiger charge is -2.22. The summed E-state index contributed by atoms with van der Waals surface area (Å²) in [4.78, 5) is 27.7. The first-order valence-electron chi connectivity index (χ1n) is 23.7. The van der Waals surface area contributed by atoms with Gasteiger partial charge in [0.2, 0.25) is 5.91 Å². The number of nitrogens with zero attached hydrogens (tertiary/aromatic N) is 1. The SMILES string of the molecule is CCCCCCCCC(CCCCCCCC)OC(=O)CCCCCCCN(CCO)CCCCCCCC(=O)NC(CCCCCCCC)C(C)C. The van der Waals surface area contributed by atoms with Gasteiger partial charge in [0.15, 0.2) is 0 Å². The van der Waals surface area contributed by atoms with Crippen molar-refractivity contribution in [3.8, 4) is 0 Å². The molecule has 1 atom stereocenters. The van der Waals surface area contributed by atoms with Crippen molar-refractivity contribution >= 4 is 11.9 Å². The van der Waals surface area contributed by atoms with Gasteiger partial charge in [-0.25, -0.2) is 0 Å². The zero-order valence-electron chi connectivity index (χ0n) is 36.5. The molecular weight excluding hydrogens is 657 g/mol. The van der Waals surface area contributed by atoms with Gasteiger partial charge in [0, 0.05) is 25.4 Å². The maximum absolute atomic E-state index is 12.7. The average Bonchev–Trinajstić information content (AvgIpc) is 3.14. The molecule has 0 fully saturated rings. The number of carbonyl (C=O) groups is 2. The van der Waals surface area contributed by atoms with Crippen molar-refractivity contribution in [3.63, 3.8) is 0 Å². The number of carbonyl (C=O) groups excluding carboxylic acids is 2. The molecule has 6 heteroatoms. The molecule has 0 bridgehead atoms. The normalized spacial score (nSPS) is 12.3. The van der Waals surface area contributed by atoms with Crippen LogP contribution in [0.25, 0.3) is 0 Å². The lowest BCUT2D eigenvalue weighted by molar-refractivity contribution is -0.150. The van der Waals surface area contributed by atoms with E-state index >= 15 is 0 Å².